The number of benzene rings is 1. The summed E-state index contributed by atoms with van der Waals surface area (Å²) in [5, 5.41) is 0. The molecule has 1 rings (SSSR count). The Kier molecular flexibility index (Phi) is 6.70. The third kappa shape index (κ3) is 4.07. The first kappa shape index (κ1) is 17.2. The molecule has 0 spiro atoms. The Labute approximate surface area is 124 Å². The molecule has 0 aromatic heterocycles. The van der Waals surface area contributed by atoms with E-state index in [0.29, 0.717) is 12.5 Å². The Morgan fingerprint density at radius 1 is 1.15 bits per heavy atom. The Hall–Kier alpha value is -0.860. The summed E-state index contributed by atoms with van der Waals surface area (Å²) < 4.78 is 6.04. The highest BCUT2D eigenvalue weighted by atomic mass is 16.5. The molecule has 2 N–H and O–H groups in total. The Morgan fingerprint density at radius 2 is 1.80 bits per heavy atom. The fourth-order valence-corrected chi connectivity index (χ4v) is 2.96. The zero-order valence-electron chi connectivity index (χ0n) is 13.8. The van der Waals surface area contributed by atoms with Crippen LogP contribution in [0, 0.1) is 5.92 Å². The van der Waals surface area contributed by atoms with Crippen LogP contribution in [0.3, 0.4) is 0 Å². The molecule has 0 amide bonds. The van der Waals surface area contributed by atoms with Crippen molar-refractivity contribution in [3.8, 4) is 0 Å². The molecule has 0 saturated carbocycles. The van der Waals surface area contributed by atoms with Crippen molar-refractivity contribution in [2.45, 2.75) is 65.5 Å². The molecule has 114 valence electrons. The van der Waals surface area contributed by atoms with E-state index in [1.807, 2.05) is 6.92 Å². The average molecular weight is 277 g/mol. The van der Waals surface area contributed by atoms with Crippen molar-refractivity contribution in [3.63, 3.8) is 0 Å². The van der Waals surface area contributed by atoms with Crippen molar-refractivity contribution >= 4 is 0 Å². The largest absolute Gasteiger partial charge is 0.373 e. The molecular weight excluding hydrogens is 246 g/mol. The topological polar surface area (TPSA) is 35.2 Å². The molecule has 0 fully saturated rings. The summed E-state index contributed by atoms with van der Waals surface area (Å²) in [6.45, 7) is 11.6. The van der Waals surface area contributed by atoms with Crippen molar-refractivity contribution in [2.75, 3.05) is 6.61 Å². The summed E-state index contributed by atoms with van der Waals surface area (Å²) >= 11 is 0. The number of hydrogen-bond acceptors (Lipinski definition) is 2. The van der Waals surface area contributed by atoms with Gasteiger partial charge in [0.1, 0.15) is 0 Å². The maximum atomic E-state index is 6.56. The lowest BCUT2D eigenvalue weighted by Gasteiger charge is -2.37. The van der Waals surface area contributed by atoms with E-state index in [9.17, 15) is 0 Å². The van der Waals surface area contributed by atoms with E-state index >= 15 is 0 Å². The van der Waals surface area contributed by atoms with Crippen molar-refractivity contribution in [1.82, 2.24) is 0 Å². The predicted molar refractivity (Wildman–Crippen MR) is 86.9 cm³/mol. The second kappa shape index (κ2) is 7.80. The van der Waals surface area contributed by atoms with E-state index in [1.165, 1.54) is 11.1 Å². The number of hydrogen-bond donors (Lipinski definition) is 1. The van der Waals surface area contributed by atoms with Gasteiger partial charge in [0, 0.05) is 6.61 Å². The molecule has 20 heavy (non-hydrogen) atoms. The Morgan fingerprint density at radius 3 is 2.30 bits per heavy atom. The monoisotopic (exact) mass is 277 g/mol. The van der Waals surface area contributed by atoms with Crippen LogP contribution < -0.4 is 5.73 Å². The molecule has 1 aromatic carbocycles. The van der Waals surface area contributed by atoms with Crippen LogP contribution in [-0.2, 0) is 11.2 Å². The molecule has 0 saturated heterocycles. The zero-order chi connectivity index (χ0) is 15.2. The zero-order valence-corrected chi connectivity index (χ0v) is 13.8. The van der Waals surface area contributed by atoms with Gasteiger partial charge in [0.25, 0.3) is 0 Å². The van der Waals surface area contributed by atoms with Gasteiger partial charge in [-0.25, -0.2) is 0 Å². The van der Waals surface area contributed by atoms with Crippen molar-refractivity contribution in [1.29, 1.82) is 0 Å². The molecule has 2 heteroatoms. The lowest BCUT2D eigenvalue weighted by atomic mass is 9.83. The molecule has 0 aliphatic rings. The minimum atomic E-state index is -0.245. The summed E-state index contributed by atoms with van der Waals surface area (Å²) in [4.78, 5) is 0. The maximum Gasteiger partial charge on any atom is 0.0868 e. The van der Waals surface area contributed by atoms with Gasteiger partial charge in [0.05, 0.1) is 11.6 Å². The van der Waals surface area contributed by atoms with Crippen LogP contribution in [0.25, 0.3) is 0 Å². The summed E-state index contributed by atoms with van der Waals surface area (Å²) in [7, 11) is 0. The van der Waals surface area contributed by atoms with Gasteiger partial charge in [0.15, 0.2) is 0 Å². The van der Waals surface area contributed by atoms with Crippen LogP contribution in [0.2, 0.25) is 0 Å². The second-order valence-electron chi connectivity index (χ2n) is 6.03. The van der Waals surface area contributed by atoms with Gasteiger partial charge in [0.2, 0.25) is 0 Å². The molecule has 2 nitrogen and oxygen atoms in total. The van der Waals surface area contributed by atoms with E-state index in [2.05, 4.69) is 52.0 Å². The van der Waals surface area contributed by atoms with Crippen molar-refractivity contribution in [3.05, 3.63) is 35.4 Å². The van der Waals surface area contributed by atoms with E-state index in [4.69, 9.17) is 10.5 Å². The molecule has 0 aliphatic heterocycles. The summed E-state index contributed by atoms with van der Waals surface area (Å²) in [5.41, 5.74) is 8.87. The molecule has 0 aliphatic carbocycles. The van der Waals surface area contributed by atoms with E-state index < -0.39 is 0 Å². The van der Waals surface area contributed by atoms with Crippen LogP contribution >= 0.6 is 0 Å². The van der Waals surface area contributed by atoms with E-state index in [-0.39, 0.29) is 11.6 Å². The molecular formula is C18H31NO. The Bertz CT molecular complexity index is 396. The average Bonchev–Trinajstić information content (AvgIpc) is 2.44. The third-order valence-corrected chi connectivity index (χ3v) is 4.15. The van der Waals surface area contributed by atoms with Gasteiger partial charge < -0.3 is 10.5 Å². The van der Waals surface area contributed by atoms with Gasteiger partial charge in [-0.1, -0.05) is 52.0 Å². The molecule has 0 bridgehead atoms. The van der Waals surface area contributed by atoms with Gasteiger partial charge >= 0.3 is 0 Å². The highest BCUT2D eigenvalue weighted by Gasteiger charge is 2.35. The van der Waals surface area contributed by atoms with Crippen LogP contribution in [-0.4, -0.2) is 12.2 Å². The normalized spacial score (nSPS) is 13.8. The lowest BCUT2D eigenvalue weighted by Crippen LogP contribution is -2.43. The standard InChI is InChI=1S/C18H31NO/c1-6-18(7-2,20-8-3)17(19)16-11-9-10-15(13-16)12-14(4)5/h9-11,13-14,17H,6-8,12,19H2,1-5H3. The molecule has 1 aromatic rings. The maximum absolute atomic E-state index is 6.56. The molecule has 1 atom stereocenters. The summed E-state index contributed by atoms with van der Waals surface area (Å²) in [6.07, 6.45) is 2.97. The first-order valence-electron chi connectivity index (χ1n) is 7.97. The van der Waals surface area contributed by atoms with Gasteiger partial charge in [-0.15, -0.1) is 0 Å². The van der Waals surface area contributed by atoms with Crippen LogP contribution in [0.15, 0.2) is 24.3 Å². The van der Waals surface area contributed by atoms with Crippen LogP contribution in [0.1, 0.15) is 64.6 Å². The Balaban J connectivity index is 3.02. The first-order valence-corrected chi connectivity index (χ1v) is 7.97. The van der Waals surface area contributed by atoms with Crippen LogP contribution in [0.4, 0.5) is 0 Å². The SMILES string of the molecule is CCOC(CC)(CC)C(N)c1cccc(CC(C)C)c1. The minimum absolute atomic E-state index is 0.0652. The van der Waals surface area contributed by atoms with Gasteiger partial charge in [-0.3, -0.25) is 0 Å². The highest BCUT2D eigenvalue weighted by molar-refractivity contribution is 5.28. The summed E-state index contributed by atoms with van der Waals surface area (Å²) in [5.74, 6) is 0.662. The lowest BCUT2D eigenvalue weighted by molar-refractivity contribution is -0.0645. The quantitative estimate of drug-likeness (QED) is 0.760. The van der Waals surface area contributed by atoms with E-state index in [0.717, 1.165) is 19.3 Å². The second-order valence-corrected chi connectivity index (χ2v) is 6.03. The fraction of sp³-hybridized carbons (Fsp3) is 0.667. The minimum Gasteiger partial charge on any atom is -0.373 e. The predicted octanol–water partition coefficient (Wildman–Crippen LogP) is 4.48. The van der Waals surface area contributed by atoms with Gasteiger partial charge in [-0.2, -0.15) is 0 Å². The molecule has 0 heterocycles. The smallest absolute Gasteiger partial charge is 0.0868 e. The van der Waals surface area contributed by atoms with Crippen molar-refractivity contribution < 1.29 is 4.74 Å². The fourth-order valence-electron chi connectivity index (χ4n) is 2.96. The first-order chi connectivity index (χ1) is 9.49. The molecule has 1 unspecified atom stereocenters. The van der Waals surface area contributed by atoms with E-state index in [1.54, 1.807) is 0 Å². The van der Waals surface area contributed by atoms with Gasteiger partial charge in [-0.05, 0) is 43.2 Å². The number of rotatable bonds is 8. The third-order valence-electron chi connectivity index (χ3n) is 4.15. The summed E-state index contributed by atoms with van der Waals surface area (Å²) in [6, 6.07) is 8.63. The molecule has 0 radical (unpaired) electrons. The van der Waals surface area contributed by atoms with Crippen LogP contribution in [0.5, 0.6) is 0 Å². The number of nitrogens with two attached hydrogens (primary N) is 1. The highest BCUT2D eigenvalue weighted by Crippen LogP contribution is 2.34. The number of ether oxygens (including phenoxy) is 1. The van der Waals surface area contributed by atoms with Crippen molar-refractivity contribution in [2.24, 2.45) is 11.7 Å².